The molecule has 0 unspecified atom stereocenters. The van der Waals surface area contributed by atoms with Crippen LogP contribution in [-0.4, -0.2) is 8.42 Å². The fourth-order valence-electron chi connectivity index (χ4n) is 1.38. The van der Waals surface area contributed by atoms with Gasteiger partial charge < -0.3 is 0 Å². The first-order chi connectivity index (χ1) is 7.18. The van der Waals surface area contributed by atoms with E-state index in [-0.39, 0.29) is 10.3 Å². The smallest absolute Gasteiger partial charge is 0.196 e. The summed E-state index contributed by atoms with van der Waals surface area (Å²) in [6, 6.07) is 5.07. The van der Waals surface area contributed by atoms with E-state index in [0.717, 1.165) is 5.56 Å². The van der Waals surface area contributed by atoms with Crippen molar-refractivity contribution in [2.45, 2.75) is 38.0 Å². The zero-order valence-corrected chi connectivity index (χ0v) is 10.6. The van der Waals surface area contributed by atoms with Gasteiger partial charge in [-0.15, -0.1) is 4.91 Å². The van der Waals surface area contributed by atoms with Crippen molar-refractivity contribution < 1.29 is 8.42 Å². The van der Waals surface area contributed by atoms with E-state index in [0.29, 0.717) is 5.56 Å². The summed E-state index contributed by atoms with van der Waals surface area (Å²) in [4.78, 5) is 10.3. The first-order valence-corrected chi connectivity index (χ1v) is 6.33. The summed E-state index contributed by atoms with van der Waals surface area (Å²) < 4.78 is 25.0. The Labute approximate surface area is 95.7 Å². The van der Waals surface area contributed by atoms with Crippen molar-refractivity contribution >= 4 is 10.0 Å². The number of nitroso groups, excluding NO2 is 1. The molecular formula is C11H15NO3S. The summed E-state index contributed by atoms with van der Waals surface area (Å²) >= 11 is 0. The Bertz CT molecular complexity index is 513. The number of hydrogen-bond acceptors (Lipinski definition) is 3. The Morgan fingerprint density at radius 2 is 1.75 bits per heavy atom. The van der Waals surface area contributed by atoms with Crippen LogP contribution in [0.4, 0.5) is 0 Å². The van der Waals surface area contributed by atoms with Gasteiger partial charge in [0.15, 0.2) is 0 Å². The highest BCUT2D eigenvalue weighted by molar-refractivity contribution is 7.90. The van der Waals surface area contributed by atoms with Gasteiger partial charge in [0, 0.05) is 0 Å². The molecule has 0 radical (unpaired) electrons. The van der Waals surface area contributed by atoms with Crippen molar-refractivity contribution in [2.75, 3.05) is 0 Å². The predicted octanol–water partition coefficient (Wildman–Crippen LogP) is 2.75. The molecule has 88 valence electrons. The van der Waals surface area contributed by atoms with Gasteiger partial charge in [-0.1, -0.05) is 32.9 Å². The van der Waals surface area contributed by atoms with Crippen molar-refractivity contribution in [3.8, 4) is 0 Å². The number of hydrogen-bond donors (Lipinski definition) is 0. The Morgan fingerprint density at radius 1 is 1.19 bits per heavy atom. The molecule has 0 saturated heterocycles. The average molecular weight is 241 g/mol. The third-order valence-corrected chi connectivity index (χ3v) is 3.62. The Kier molecular flexibility index (Phi) is 3.19. The van der Waals surface area contributed by atoms with E-state index in [1.165, 1.54) is 6.07 Å². The minimum atomic E-state index is -4.04. The molecule has 0 aliphatic carbocycles. The maximum Gasteiger partial charge on any atom is 0.317 e. The number of nitrogens with zero attached hydrogens (tertiary/aromatic N) is 1. The Morgan fingerprint density at radius 3 is 2.19 bits per heavy atom. The quantitative estimate of drug-likeness (QED) is 0.748. The molecule has 0 heterocycles. The maximum absolute atomic E-state index is 11.4. The largest absolute Gasteiger partial charge is 0.317 e. The lowest BCUT2D eigenvalue weighted by Crippen LogP contribution is -2.12. The van der Waals surface area contributed by atoms with Crippen molar-refractivity contribution in [3.63, 3.8) is 0 Å². The molecule has 0 aliphatic rings. The van der Waals surface area contributed by atoms with Crippen LogP contribution in [0.5, 0.6) is 0 Å². The lowest BCUT2D eigenvalue weighted by Gasteiger charge is -2.19. The molecule has 0 fully saturated rings. The maximum atomic E-state index is 11.4. The van der Waals surface area contributed by atoms with Crippen LogP contribution in [0.3, 0.4) is 0 Å². The third kappa shape index (κ3) is 2.47. The van der Waals surface area contributed by atoms with E-state index < -0.39 is 10.0 Å². The molecule has 0 amide bonds. The molecule has 16 heavy (non-hydrogen) atoms. The monoisotopic (exact) mass is 241 g/mol. The summed E-state index contributed by atoms with van der Waals surface area (Å²) in [5.74, 6) is 0. The van der Waals surface area contributed by atoms with E-state index in [1.54, 1.807) is 13.0 Å². The first kappa shape index (κ1) is 12.8. The zero-order valence-electron chi connectivity index (χ0n) is 9.81. The van der Waals surface area contributed by atoms with E-state index in [1.807, 2.05) is 26.8 Å². The van der Waals surface area contributed by atoms with Gasteiger partial charge in [0.25, 0.3) is 0 Å². The molecule has 5 heteroatoms. The molecule has 4 nitrogen and oxygen atoms in total. The normalized spacial score (nSPS) is 12.5. The standard InChI is InChI=1S/C11H15NO3S/c1-8-5-6-9(11(2,3)4)7-10(8)16(14,15)12-13/h5-7H,1-4H3. The third-order valence-electron chi connectivity index (χ3n) is 2.43. The van der Waals surface area contributed by atoms with Crippen molar-refractivity contribution in [1.29, 1.82) is 0 Å². The van der Waals surface area contributed by atoms with Crippen molar-refractivity contribution in [3.05, 3.63) is 34.2 Å². The molecule has 0 atom stereocenters. The molecule has 1 aromatic rings. The highest BCUT2D eigenvalue weighted by atomic mass is 32.2. The van der Waals surface area contributed by atoms with Crippen LogP contribution in [0, 0.1) is 11.8 Å². The number of sulfonamides is 1. The van der Waals surface area contributed by atoms with Gasteiger partial charge in [0.05, 0.1) is 9.48 Å². The second-order valence-electron chi connectivity index (χ2n) is 4.78. The lowest BCUT2D eigenvalue weighted by atomic mass is 9.87. The van der Waals surface area contributed by atoms with Gasteiger partial charge in [-0.05, 0) is 29.5 Å². The second kappa shape index (κ2) is 3.97. The molecule has 1 aromatic carbocycles. The lowest BCUT2D eigenvalue weighted by molar-refractivity contribution is 0.583. The average Bonchev–Trinajstić information content (AvgIpc) is 2.16. The molecule has 0 aliphatic heterocycles. The Balaban J connectivity index is 3.48. The van der Waals surface area contributed by atoms with Gasteiger partial charge in [0.1, 0.15) is 0 Å². The number of benzene rings is 1. The summed E-state index contributed by atoms with van der Waals surface area (Å²) in [5, 5.41) is 0. The molecule has 1 rings (SSSR count). The second-order valence-corrected chi connectivity index (χ2v) is 6.32. The van der Waals surface area contributed by atoms with Gasteiger partial charge in [-0.25, -0.2) is 0 Å². The van der Waals surface area contributed by atoms with Crippen LogP contribution in [0.15, 0.2) is 27.7 Å². The van der Waals surface area contributed by atoms with Gasteiger partial charge in [0.2, 0.25) is 0 Å². The van der Waals surface area contributed by atoms with Crippen molar-refractivity contribution in [2.24, 2.45) is 4.58 Å². The zero-order chi connectivity index (χ0) is 12.6. The van der Waals surface area contributed by atoms with Gasteiger partial charge >= 0.3 is 10.0 Å². The fraction of sp³-hybridized carbons (Fsp3) is 0.455. The first-order valence-electron chi connectivity index (χ1n) is 4.89. The molecule has 0 spiro atoms. The van der Waals surface area contributed by atoms with Crippen LogP contribution in [0.1, 0.15) is 31.9 Å². The number of aryl methyl sites for hydroxylation is 1. The predicted molar refractivity (Wildman–Crippen MR) is 62.9 cm³/mol. The van der Waals surface area contributed by atoms with Crippen LogP contribution < -0.4 is 0 Å². The fourth-order valence-corrected chi connectivity index (χ4v) is 2.22. The SMILES string of the molecule is Cc1ccc(C(C)(C)C)cc1S(=O)(=O)N=O. The summed E-state index contributed by atoms with van der Waals surface area (Å²) in [6.45, 7) is 7.57. The summed E-state index contributed by atoms with van der Waals surface area (Å²) in [7, 11) is -4.04. The van der Waals surface area contributed by atoms with Crippen molar-refractivity contribution in [1.82, 2.24) is 0 Å². The topological polar surface area (TPSA) is 63.6 Å². The van der Waals surface area contributed by atoms with Crippen LogP contribution in [-0.2, 0) is 15.4 Å². The van der Waals surface area contributed by atoms with Crippen LogP contribution in [0.25, 0.3) is 0 Å². The highest BCUT2D eigenvalue weighted by Gasteiger charge is 2.21. The van der Waals surface area contributed by atoms with E-state index in [9.17, 15) is 13.3 Å². The highest BCUT2D eigenvalue weighted by Crippen LogP contribution is 2.27. The Hall–Kier alpha value is -1.23. The summed E-state index contributed by atoms with van der Waals surface area (Å²) in [5.41, 5.74) is 1.23. The van der Waals surface area contributed by atoms with Gasteiger partial charge in [-0.3, -0.25) is 0 Å². The van der Waals surface area contributed by atoms with Crippen LogP contribution in [0.2, 0.25) is 0 Å². The molecule has 0 saturated carbocycles. The molecular weight excluding hydrogens is 226 g/mol. The minimum Gasteiger partial charge on any atom is -0.196 e. The minimum absolute atomic E-state index is 0.00470. The van der Waals surface area contributed by atoms with E-state index in [4.69, 9.17) is 0 Å². The number of rotatable bonds is 2. The van der Waals surface area contributed by atoms with Crippen LogP contribution >= 0.6 is 0 Å². The molecule has 0 aromatic heterocycles. The van der Waals surface area contributed by atoms with E-state index in [2.05, 4.69) is 4.58 Å². The summed E-state index contributed by atoms with van der Waals surface area (Å²) in [6.07, 6.45) is 0. The molecule has 0 bridgehead atoms. The van der Waals surface area contributed by atoms with E-state index >= 15 is 0 Å². The molecule has 0 N–H and O–H groups in total. The van der Waals surface area contributed by atoms with Gasteiger partial charge in [-0.2, -0.15) is 8.42 Å².